The highest BCUT2D eigenvalue weighted by Crippen LogP contribution is 2.38. The summed E-state index contributed by atoms with van der Waals surface area (Å²) in [6.07, 6.45) is 0.873. The lowest BCUT2D eigenvalue weighted by Crippen LogP contribution is -2.43. The van der Waals surface area contributed by atoms with Crippen LogP contribution in [-0.4, -0.2) is 17.4 Å². The van der Waals surface area contributed by atoms with Gasteiger partial charge in [-0.3, -0.25) is 4.79 Å². The molecule has 0 saturated heterocycles. The summed E-state index contributed by atoms with van der Waals surface area (Å²) >= 11 is 6.16. The van der Waals surface area contributed by atoms with E-state index in [0.29, 0.717) is 11.6 Å². The third-order valence-electron chi connectivity index (χ3n) is 4.86. The predicted octanol–water partition coefficient (Wildman–Crippen LogP) is 5.28. The Morgan fingerprint density at radius 2 is 1.79 bits per heavy atom. The molecule has 2 nitrogen and oxygen atoms in total. The van der Waals surface area contributed by atoms with E-state index in [1.54, 1.807) is 0 Å². The number of hydrogen-bond acceptors (Lipinski definition) is 1. The first-order valence-corrected chi connectivity index (χ1v) is 8.68. The van der Waals surface area contributed by atoms with E-state index in [2.05, 4.69) is 20.8 Å². The van der Waals surface area contributed by atoms with Gasteiger partial charge in [0.15, 0.2) is 0 Å². The molecule has 124 valence electrons. The highest BCUT2D eigenvalue weighted by Gasteiger charge is 2.40. The van der Waals surface area contributed by atoms with Crippen LogP contribution < -0.4 is 0 Å². The number of rotatable bonds is 4. The molecule has 1 aliphatic rings. The molecule has 0 N–H and O–H groups in total. The van der Waals surface area contributed by atoms with Crippen molar-refractivity contribution in [2.45, 2.75) is 32.7 Å². The zero-order valence-corrected chi connectivity index (χ0v) is 15.1. The number of halogens is 1. The van der Waals surface area contributed by atoms with Crippen LogP contribution in [0.25, 0.3) is 5.57 Å². The lowest BCUT2D eigenvalue weighted by molar-refractivity contribution is -0.128. The lowest BCUT2D eigenvalue weighted by Gasteiger charge is -2.37. The molecule has 0 bridgehead atoms. The van der Waals surface area contributed by atoms with Gasteiger partial charge in [0.05, 0.1) is 5.54 Å². The van der Waals surface area contributed by atoms with Crippen LogP contribution in [0.15, 0.2) is 60.2 Å². The summed E-state index contributed by atoms with van der Waals surface area (Å²) in [5.41, 5.74) is 3.69. The maximum atomic E-state index is 13.2. The van der Waals surface area contributed by atoms with Crippen molar-refractivity contribution in [3.8, 4) is 0 Å². The van der Waals surface area contributed by atoms with Gasteiger partial charge in [0.1, 0.15) is 0 Å². The summed E-state index contributed by atoms with van der Waals surface area (Å²) in [7, 11) is 0. The molecule has 24 heavy (non-hydrogen) atoms. The van der Waals surface area contributed by atoms with E-state index < -0.39 is 5.54 Å². The Hall–Kier alpha value is -2.06. The molecule has 2 aromatic rings. The molecule has 0 radical (unpaired) electrons. The standard InChI is InChI=1S/C21H22ClNO/c1-4-15-14-23(20(24)19(15)16-9-6-5-7-10-16)21(2,3)17-11-8-12-18(22)13-17/h5-13H,4,14H2,1-3H3. The molecule has 0 spiro atoms. The Kier molecular flexibility index (Phi) is 4.51. The molecule has 1 amide bonds. The number of benzene rings is 2. The number of hydrogen-bond donors (Lipinski definition) is 0. The molecular weight excluding hydrogens is 318 g/mol. The average molecular weight is 340 g/mol. The van der Waals surface area contributed by atoms with Crippen LogP contribution in [0.5, 0.6) is 0 Å². The van der Waals surface area contributed by atoms with Crippen LogP contribution in [-0.2, 0) is 10.3 Å². The van der Waals surface area contributed by atoms with Gasteiger partial charge in [-0.05, 0) is 49.1 Å². The zero-order valence-electron chi connectivity index (χ0n) is 14.3. The highest BCUT2D eigenvalue weighted by atomic mass is 35.5. The summed E-state index contributed by atoms with van der Waals surface area (Å²) in [5, 5.41) is 0.694. The maximum absolute atomic E-state index is 13.2. The van der Waals surface area contributed by atoms with Crippen LogP contribution in [0.4, 0.5) is 0 Å². The maximum Gasteiger partial charge on any atom is 0.255 e. The molecule has 0 unspecified atom stereocenters. The second-order valence-corrected chi connectivity index (χ2v) is 7.10. The van der Waals surface area contributed by atoms with Crippen molar-refractivity contribution in [3.05, 3.63) is 76.3 Å². The monoisotopic (exact) mass is 339 g/mol. The summed E-state index contributed by atoms with van der Waals surface area (Å²) in [5.74, 6) is 0.100. The molecule has 3 rings (SSSR count). The Bertz CT molecular complexity index is 792. The van der Waals surface area contributed by atoms with Gasteiger partial charge in [-0.2, -0.15) is 0 Å². The molecule has 0 atom stereocenters. The molecule has 0 aliphatic carbocycles. The van der Waals surface area contributed by atoms with Crippen LogP contribution in [0.2, 0.25) is 5.02 Å². The van der Waals surface area contributed by atoms with Gasteiger partial charge < -0.3 is 4.90 Å². The van der Waals surface area contributed by atoms with Crippen LogP contribution >= 0.6 is 11.6 Å². The van der Waals surface area contributed by atoms with Gasteiger partial charge in [-0.25, -0.2) is 0 Å². The van der Waals surface area contributed by atoms with Crippen molar-refractivity contribution in [2.24, 2.45) is 0 Å². The average Bonchev–Trinajstić information content (AvgIpc) is 2.93. The first-order chi connectivity index (χ1) is 11.4. The Balaban J connectivity index is 1.99. The molecule has 3 heteroatoms. The van der Waals surface area contributed by atoms with Crippen molar-refractivity contribution in [1.29, 1.82) is 0 Å². The number of carbonyl (C=O) groups excluding carboxylic acids is 1. The number of carbonyl (C=O) groups is 1. The minimum atomic E-state index is -0.418. The van der Waals surface area contributed by atoms with Crippen LogP contribution in [0.3, 0.4) is 0 Å². The molecule has 2 aromatic carbocycles. The second kappa shape index (κ2) is 6.45. The van der Waals surface area contributed by atoms with Crippen molar-refractivity contribution < 1.29 is 4.79 Å². The van der Waals surface area contributed by atoms with E-state index >= 15 is 0 Å². The van der Waals surface area contributed by atoms with Gasteiger partial charge >= 0.3 is 0 Å². The van der Waals surface area contributed by atoms with Gasteiger partial charge in [0.25, 0.3) is 5.91 Å². The minimum Gasteiger partial charge on any atom is -0.325 e. The van der Waals surface area contributed by atoms with E-state index in [1.165, 1.54) is 5.57 Å². The second-order valence-electron chi connectivity index (χ2n) is 6.66. The topological polar surface area (TPSA) is 20.3 Å². The first kappa shape index (κ1) is 16.8. The smallest absolute Gasteiger partial charge is 0.255 e. The van der Waals surface area contributed by atoms with Crippen molar-refractivity contribution >= 4 is 23.1 Å². The Morgan fingerprint density at radius 1 is 1.08 bits per heavy atom. The fourth-order valence-electron chi connectivity index (χ4n) is 3.33. The zero-order chi connectivity index (χ0) is 17.3. The fraction of sp³-hybridized carbons (Fsp3) is 0.286. The molecule has 0 saturated carbocycles. The third kappa shape index (κ3) is 2.87. The fourth-order valence-corrected chi connectivity index (χ4v) is 3.52. The van der Waals surface area contributed by atoms with E-state index in [9.17, 15) is 4.79 Å². The minimum absolute atomic E-state index is 0.100. The summed E-state index contributed by atoms with van der Waals surface area (Å²) in [4.78, 5) is 15.2. The van der Waals surface area contributed by atoms with E-state index in [0.717, 1.165) is 23.1 Å². The quantitative estimate of drug-likeness (QED) is 0.742. The molecule has 0 aromatic heterocycles. The SMILES string of the molecule is CCC1=C(c2ccccc2)C(=O)N(C(C)(C)c2cccc(Cl)c2)C1. The molecule has 1 heterocycles. The van der Waals surface area contributed by atoms with Gasteiger partial charge in [0, 0.05) is 17.1 Å². The summed E-state index contributed by atoms with van der Waals surface area (Å²) in [6.45, 7) is 6.94. The van der Waals surface area contributed by atoms with Crippen molar-refractivity contribution in [3.63, 3.8) is 0 Å². The summed E-state index contributed by atoms with van der Waals surface area (Å²) < 4.78 is 0. The van der Waals surface area contributed by atoms with Crippen molar-refractivity contribution in [2.75, 3.05) is 6.54 Å². The van der Waals surface area contributed by atoms with Gasteiger partial charge in [0.2, 0.25) is 0 Å². The molecule has 1 aliphatic heterocycles. The largest absolute Gasteiger partial charge is 0.325 e. The molecule has 0 fully saturated rings. The normalized spacial score (nSPS) is 15.3. The van der Waals surface area contributed by atoms with Crippen LogP contribution in [0.1, 0.15) is 38.3 Å². The molecular formula is C21H22ClNO. The summed E-state index contributed by atoms with van der Waals surface area (Å²) in [6, 6.07) is 17.7. The lowest BCUT2D eigenvalue weighted by atomic mass is 9.92. The van der Waals surface area contributed by atoms with Gasteiger partial charge in [-0.1, -0.05) is 61.0 Å². The van der Waals surface area contributed by atoms with E-state index in [1.807, 2.05) is 59.5 Å². The number of amides is 1. The Morgan fingerprint density at radius 3 is 2.42 bits per heavy atom. The van der Waals surface area contributed by atoms with Gasteiger partial charge in [-0.15, -0.1) is 0 Å². The predicted molar refractivity (Wildman–Crippen MR) is 99.8 cm³/mol. The van der Waals surface area contributed by atoms with Crippen molar-refractivity contribution in [1.82, 2.24) is 4.90 Å². The van der Waals surface area contributed by atoms with Crippen LogP contribution in [0, 0.1) is 0 Å². The highest BCUT2D eigenvalue weighted by molar-refractivity contribution is 6.30. The Labute approximate surface area is 148 Å². The van der Waals surface area contributed by atoms with E-state index in [4.69, 9.17) is 11.6 Å². The first-order valence-electron chi connectivity index (χ1n) is 8.30. The van der Waals surface area contributed by atoms with E-state index in [-0.39, 0.29) is 5.91 Å². The third-order valence-corrected chi connectivity index (χ3v) is 5.09. The number of nitrogens with zero attached hydrogens (tertiary/aromatic N) is 1.